The SMILES string of the molecule is O=C([O-])/C=C(\Br)C(=O)c1ccccc1.[Na+]. The Balaban J connectivity index is 0.00000196. The summed E-state index contributed by atoms with van der Waals surface area (Å²) in [6.07, 6.45) is 0.718. The third-order valence-corrected chi connectivity index (χ3v) is 2.09. The molecule has 0 N–H and O–H groups in total. The maximum atomic E-state index is 11.5. The van der Waals surface area contributed by atoms with Crippen LogP contribution in [-0.4, -0.2) is 11.8 Å². The molecule has 0 aliphatic carbocycles. The number of Topliss-reactive ketones (excluding diaryl/α,β-unsaturated/α-hetero) is 1. The van der Waals surface area contributed by atoms with Gasteiger partial charge < -0.3 is 9.90 Å². The predicted molar refractivity (Wildman–Crippen MR) is 52.8 cm³/mol. The van der Waals surface area contributed by atoms with Crippen LogP contribution in [0.5, 0.6) is 0 Å². The monoisotopic (exact) mass is 276 g/mol. The summed E-state index contributed by atoms with van der Waals surface area (Å²) in [5.41, 5.74) is 0.428. The van der Waals surface area contributed by atoms with E-state index in [0.29, 0.717) is 5.56 Å². The van der Waals surface area contributed by atoms with Gasteiger partial charge in [-0.15, -0.1) is 0 Å². The fraction of sp³-hybridized carbons (Fsp3) is 0. The van der Waals surface area contributed by atoms with Gasteiger partial charge in [-0.05, 0) is 22.0 Å². The second-order valence-corrected chi connectivity index (χ2v) is 3.36. The van der Waals surface area contributed by atoms with Gasteiger partial charge in [-0.3, -0.25) is 4.79 Å². The number of halogens is 1. The number of carbonyl (C=O) groups excluding carboxylic acids is 2. The van der Waals surface area contributed by atoms with E-state index in [1.165, 1.54) is 0 Å². The van der Waals surface area contributed by atoms with Crippen molar-refractivity contribution in [3.63, 3.8) is 0 Å². The Bertz CT molecular complexity index is 387. The number of aliphatic carboxylic acids is 1. The van der Waals surface area contributed by atoms with Gasteiger partial charge in [0, 0.05) is 5.56 Å². The third-order valence-electron chi connectivity index (χ3n) is 1.50. The number of carboxylic acid groups (broad SMARTS) is 1. The number of hydrogen-bond donors (Lipinski definition) is 0. The molecular weight excluding hydrogens is 271 g/mol. The molecule has 0 aromatic heterocycles. The van der Waals surface area contributed by atoms with Gasteiger partial charge in [0.15, 0.2) is 5.78 Å². The molecule has 3 nitrogen and oxygen atoms in total. The van der Waals surface area contributed by atoms with Crippen molar-refractivity contribution >= 4 is 27.7 Å². The minimum absolute atomic E-state index is 0. The maximum absolute atomic E-state index is 11.5. The second kappa shape index (κ2) is 6.95. The van der Waals surface area contributed by atoms with Crippen LogP contribution in [0.1, 0.15) is 10.4 Å². The molecule has 0 aliphatic heterocycles. The molecule has 0 spiro atoms. The van der Waals surface area contributed by atoms with Crippen molar-refractivity contribution < 1.29 is 44.3 Å². The van der Waals surface area contributed by atoms with Gasteiger partial charge in [-0.2, -0.15) is 0 Å². The van der Waals surface area contributed by atoms with E-state index in [2.05, 4.69) is 15.9 Å². The van der Waals surface area contributed by atoms with E-state index >= 15 is 0 Å². The van der Waals surface area contributed by atoms with Crippen molar-refractivity contribution in [3.8, 4) is 0 Å². The summed E-state index contributed by atoms with van der Waals surface area (Å²) in [4.78, 5) is 21.6. The first-order chi connectivity index (χ1) is 6.61. The van der Waals surface area contributed by atoms with E-state index in [1.54, 1.807) is 30.3 Å². The Hall–Kier alpha value is -0.420. The zero-order valence-electron chi connectivity index (χ0n) is 8.07. The summed E-state index contributed by atoms with van der Waals surface area (Å²) < 4.78 is -0.0244. The number of carbonyl (C=O) groups is 2. The van der Waals surface area contributed by atoms with Crippen LogP contribution >= 0.6 is 15.9 Å². The van der Waals surface area contributed by atoms with E-state index in [1.807, 2.05) is 0 Å². The molecular formula is C10H6BrNaO3. The normalized spacial score (nSPS) is 10.3. The Morgan fingerprint density at radius 3 is 2.20 bits per heavy atom. The molecule has 0 aliphatic rings. The van der Waals surface area contributed by atoms with Gasteiger partial charge in [-0.25, -0.2) is 0 Å². The van der Waals surface area contributed by atoms with Gasteiger partial charge in [0.1, 0.15) is 0 Å². The van der Waals surface area contributed by atoms with Crippen molar-refractivity contribution in [2.24, 2.45) is 0 Å². The average molecular weight is 277 g/mol. The van der Waals surface area contributed by atoms with Crippen LogP contribution in [0, 0.1) is 0 Å². The first-order valence-corrected chi connectivity index (χ1v) is 4.58. The largest absolute Gasteiger partial charge is 1.00 e. The predicted octanol–water partition coefficient (Wildman–Crippen LogP) is -2.10. The Morgan fingerprint density at radius 2 is 1.73 bits per heavy atom. The van der Waals surface area contributed by atoms with Crippen LogP contribution in [0.25, 0.3) is 0 Å². The Kier molecular flexibility index (Phi) is 6.76. The van der Waals surface area contributed by atoms with Gasteiger partial charge in [0.05, 0.1) is 10.5 Å². The van der Waals surface area contributed by atoms with Crippen molar-refractivity contribution in [1.29, 1.82) is 0 Å². The second-order valence-electron chi connectivity index (χ2n) is 2.51. The van der Waals surface area contributed by atoms with Crippen molar-refractivity contribution in [2.45, 2.75) is 0 Å². The average Bonchev–Trinajstić information content (AvgIpc) is 2.17. The first-order valence-electron chi connectivity index (χ1n) is 3.79. The van der Waals surface area contributed by atoms with Crippen LogP contribution in [0.15, 0.2) is 40.9 Å². The molecule has 15 heavy (non-hydrogen) atoms. The number of allylic oxidation sites excluding steroid dienone is 1. The fourth-order valence-electron chi connectivity index (χ4n) is 0.896. The molecule has 0 unspecified atom stereocenters. The molecule has 0 saturated heterocycles. The van der Waals surface area contributed by atoms with Crippen LogP contribution in [0.4, 0.5) is 0 Å². The smallest absolute Gasteiger partial charge is 0.545 e. The van der Waals surface area contributed by atoms with E-state index in [9.17, 15) is 14.7 Å². The Morgan fingerprint density at radius 1 is 1.20 bits per heavy atom. The van der Waals surface area contributed by atoms with Gasteiger partial charge >= 0.3 is 29.6 Å². The molecule has 72 valence electrons. The van der Waals surface area contributed by atoms with E-state index < -0.39 is 5.97 Å². The summed E-state index contributed by atoms with van der Waals surface area (Å²) >= 11 is 2.87. The summed E-state index contributed by atoms with van der Waals surface area (Å²) in [6.45, 7) is 0. The molecule has 0 amide bonds. The Labute approximate surface area is 118 Å². The molecule has 1 aromatic carbocycles. The molecule has 0 fully saturated rings. The molecule has 0 heterocycles. The first kappa shape index (κ1) is 14.6. The minimum atomic E-state index is -1.40. The maximum Gasteiger partial charge on any atom is 1.00 e. The standard InChI is InChI=1S/C10H7BrO3.Na/c11-8(6-9(12)13)10(14)7-4-2-1-3-5-7;/h1-6H,(H,12,13);/q;+1/p-1/b8-6-;. The van der Waals surface area contributed by atoms with E-state index in [0.717, 1.165) is 6.08 Å². The van der Waals surface area contributed by atoms with Gasteiger partial charge in [0.25, 0.3) is 0 Å². The summed E-state index contributed by atoms with van der Waals surface area (Å²) in [6, 6.07) is 8.38. The number of hydrogen-bond acceptors (Lipinski definition) is 3. The fourth-order valence-corrected chi connectivity index (χ4v) is 1.31. The number of benzene rings is 1. The zero-order chi connectivity index (χ0) is 10.6. The van der Waals surface area contributed by atoms with Crippen LogP contribution in [0.2, 0.25) is 0 Å². The molecule has 0 saturated carbocycles. The number of rotatable bonds is 3. The topological polar surface area (TPSA) is 57.2 Å². The minimum Gasteiger partial charge on any atom is -0.545 e. The molecule has 1 rings (SSSR count). The third kappa shape index (κ3) is 4.75. The summed E-state index contributed by atoms with van der Waals surface area (Å²) in [7, 11) is 0. The number of ketones is 1. The molecule has 0 radical (unpaired) electrons. The van der Waals surface area contributed by atoms with Gasteiger partial charge in [-0.1, -0.05) is 30.3 Å². The quantitative estimate of drug-likeness (QED) is 0.361. The van der Waals surface area contributed by atoms with Crippen LogP contribution in [-0.2, 0) is 4.79 Å². The summed E-state index contributed by atoms with van der Waals surface area (Å²) in [5.74, 6) is -1.78. The van der Waals surface area contributed by atoms with Gasteiger partial charge in [0.2, 0.25) is 0 Å². The molecule has 0 atom stereocenters. The molecule has 0 bridgehead atoms. The molecule has 1 aromatic rings. The number of carboxylic acids is 1. The van der Waals surface area contributed by atoms with Crippen LogP contribution < -0.4 is 34.7 Å². The summed E-state index contributed by atoms with van der Waals surface area (Å²) in [5, 5.41) is 10.2. The van der Waals surface area contributed by atoms with E-state index in [-0.39, 0.29) is 39.8 Å². The van der Waals surface area contributed by atoms with Crippen LogP contribution in [0.3, 0.4) is 0 Å². The molecule has 5 heteroatoms. The van der Waals surface area contributed by atoms with Crippen molar-refractivity contribution in [3.05, 3.63) is 46.5 Å². The van der Waals surface area contributed by atoms with E-state index in [4.69, 9.17) is 0 Å². The van der Waals surface area contributed by atoms with Crippen molar-refractivity contribution in [2.75, 3.05) is 0 Å². The van der Waals surface area contributed by atoms with Crippen molar-refractivity contribution in [1.82, 2.24) is 0 Å². The zero-order valence-corrected chi connectivity index (χ0v) is 11.7.